The Balaban J connectivity index is 2.20. The molecule has 2 aromatic rings. The second-order valence-corrected chi connectivity index (χ2v) is 3.91. The number of nitrogens with zero attached hydrogens (tertiary/aromatic N) is 2. The summed E-state index contributed by atoms with van der Waals surface area (Å²) in [5.74, 6) is -0.337. The van der Waals surface area contributed by atoms with Gasteiger partial charge >= 0.3 is 0 Å². The normalized spacial score (nSPS) is 10.2. The fourth-order valence-corrected chi connectivity index (χ4v) is 1.65. The maximum atomic E-state index is 11.8. The zero-order valence-corrected chi connectivity index (χ0v) is 9.77. The average Bonchev–Trinajstić information content (AvgIpc) is 2.58. The highest BCUT2D eigenvalue weighted by Gasteiger charge is 2.14. The molecule has 88 valence electrons. The van der Waals surface area contributed by atoms with Crippen molar-refractivity contribution in [3.63, 3.8) is 0 Å². The van der Waals surface area contributed by atoms with Gasteiger partial charge in [0, 0.05) is 25.0 Å². The molecule has 0 saturated carbocycles. The van der Waals surface area contributed by atoms with E-state index in [1.54, 1.807) is 25.4 Å². The number of rotatable bonds is 2. The lowest BCUT2D eigenvalue weighted by atomic mass is 10.3. The van der Waals surface area contributed by atoms with Crippen LogP contribution in [0.4, 0.5) is 5.69 Å². The van der Waals surface area contributed by atoms with Crippen LogP contribution in [0.25, 0.3) is 0 Å². The molecule has 1 aromatic heterocycles. The minimum absolute atomic E-state index is 0.0786. The van der Waals surface area contributed by atoms with Crippen LogP contribution < -0.4 is 5.32 Å². The minimum atomic E-state index is -0.416. The molecule has 0 atom stereocenters. The number of aromatic nitrogens is 2. The van der Waals surface area contributed by atoms with Gasteiger partial charge in [0.2, 0.25) is 0 Å². The number of halogens is 1. The van der Waals surface area contributed by atoms with Gasteiger partial charge in [-0.05, 0) is 12.1 Å². The third-order valence-corrected chi connectivity index (χ3v) is 2.38. The number of aromatic hydroxyl groups is 1. The van der Waals surface area contributed by atoms with Crippen LogP contribution in [0.2, 0.25) is 5.02 Å². The number of nitrogens with one attached hydrogen (secondary N) is 1. The fourth-order valence-electron chi connectivity index (χ4n) is 1.39. The van der Waals surface area contributed by atoms with E-state index < -0.39 is 5.91 Å². The van der Waals surface area contributed by atoms with Crippen LogP contribution in [0, 0.1) is 0 Å². The summed E-state index contributed by atoms with van der Waals surface area (Å²) in [5.41, 5.74) is 0.634. The van der Waals surface area contributed by atoms with Gasteiger partial charge in [0.15, 0.2) is 5.69 Å². The maximum Gasteiger partial charge on any atom is 0.277 e. The molecule has 2 rings (SSSR count). The molecule has 0 aliphatic carbocycles. The Morgan fingerprint density at radius 1 is 1.53 bits per heavy atom. The second-order valence-electron chi connectivity index (χ2n) is 3.50. The first kappa shape index (κ1) is 11.5. The van der Waals surface area contributed by atoms with Crippen LogP contribution in [0.1, 0.15) is 10.5 Å². The molecule has 6 heteroatoms. The summed E-state index contributed by atoms with van der Waals surface area (Å²) in [5, 5.41) is 16.1. The van der Waals surface area contributed by atoms with Crippen molar-refractivity contribution in [3.8, 4) is 5.75 Å². The molecule has 1 amide bonds. The second kappa shape index (κ2) is 4.47. The summed E-state index contributed by atoms with van der Waals surface area (Å²) in [4.78, 5) is 11.8. The standard InChI is InChI=1S/C11H10ClN3O2/c1-15-6-9(12)10(14-15)11(17)13-7-3-2-4-8(16)5-7/h2-6,16H,1H3,(H,13,17). The Morgan fingerprint density at radius 3 is 2.88 bits per heavy atom. The van der Waals surface area contributed by atoms with Crippen molar-refractivity contribution in [2.75, 3.05) is 5.32 Å². The monoisotopic (exact) mass is 251 g/mol. The molecule has 0 saturated heterocycles. The number of carbonyl (C=O) groups excluding carboxylic acids is 1. The molecular weight excluding hydrogens is 242 g/mol. The Hall–Kier alpha value is -2.01. The van der Waals surface area contributed by atoms with Crippen LogP contribution in [0.5, 0.6) is 5.75 Å². The van der Waals surface area contributed by atoms with Gasteiger partial charge in [-0.1, -0.05) is 17.7 Å². The van der Waals surface area contributed by atoms with Gasteiger partial charge in [-0.25, -0.2) is 0 Å². The maximum absolute atomic E-state index is 11.8. The lowest BCUT2D eigenvalue weighted by Crippen LogP contribution is -2.13. The zero-order valence-electron chi connectivity index (χ0n) is 9.01. The first-order valence-electron chi connectivity index (χ1n) is 4.86. The van der Waals surface area contributed by atoms with E-state index in [2.05, 4.69) is 10.4 Å². The summed E-state index contributed by atoms with van der Waals surface area (Å²) in [7, 11) is 1.68. The Kier molecular flexibility index (Phi) is 3.01. The Labute approximate surface area is 103 Å². The number of anilines is 1. The number of hydrogen-bond acceptors (Lipinski definition) is 3. The topological polar surface area (TPSA) is 67.2 Å². The molecule has 17 heavy (non-hydrogen) atoms. The predicted octanol–water partition coefficient (Wildman–Crippen LogP) is 2.03. The van der Waals surface area contributed by atoms with Crippen LogP contribution in [-0.4, -0.2) is 20.8 Å². The molecule has 1 aromatic carbocycles. The van der Waals surface area contributed by atoms with Gasteiger partial charge in [-0.2, -0.15) is 5.10 Å². The highest BCUT2D eigenvalue weighted by atomic mass is 35.5. The number of phenols is 1. The summed E-state index contributed by atoms with van der Waals surface area (Å²) < 4.78 is 1.46. The average molecular weight is 252 g/mol. The SMILES string of the molecule is Cn1cc(Cl)c(C(=O)Nc2cccc(O)c2)n1. The quantitative estimate of drug-likeness (QED) is 0.858. The van der Waals surface area contributed by atoms with Crippen LogP contribution >= 0.6 is 11.6 Å². The van der Waals surface area contributed by atoms with E-state index in [1.807, 2.05) is 0 Å². The van der Waals surface area contributed by atoms with Crippen molar-refractivity contribution < 1.29 is 9.90 Å². The third kappa shape index (κ3) is 2.57. The van der Waals surface area contributed by atoms with Crippen LogP contribution in [-0.2, 0) is 7.05 Å². The van der Waals surface area contributed by atoms with Gasteiger partial charge < -0.3 is 10.4 Å². The molecule has 1 heterocycles. The first-order valence-corrected chi connectivity index (χ1v) is 5.23. The predicted molar refractivity (Wildman–Crippen MR) is 64.3 cm³/mol. The molecule has 2 N–H and O–H groups in total. The van der Waals surface area contributed by atoms with E-state index in [4.69, 9.17) is 11.6 Å². The van der Waals surface area contributed by atoms with E-state index in [0.29, 0.717) is 5.69 Å². The highest BCUT2D eigenvalue weighted by molar-refractivity contribution is 6.34. The molecule has 5 nitrogen and oxygen atoms in total. The molecule has 0 aliphatic heterocycles. The van der Waals surface area contributed by atoms with Crippen LogP contribution in [0.3, 0.4) is 0 Å². The number of hydrogen-bond donors (Lipinski definition) is 2. The van der Waals surface area contributed by atoms with Crippen molar-refractivity contribution in [1.82, 2.24) is 9.78 Å². The van der Waals surface area contributed by atoms with E-state index in [-0.39, 0.29) is 16.5 Å². The fraction of sp³-hybridized carbons (Fsp3) is 0.0909. The molecule has 0 spiro atoms. The number of amides is 1. The zero-order chi connectivity index (χ0) is 12.4. The lowest BCUT2D eigenvalue weighted by molar-refractivity contribution is 0.102. The van der Waals surface area contributed by atoms with Gasteiger partial charge in [-0.15, -0.1) is 0 Å². The van der Waals surface area contributed by atoms with Crippen molar-refractivity contribution in [3.05, 3.63) is 41.2 Å². The van der Waals surface area contributed by atoms with E-state index in [1.165, 1.54) is 16.8 Å². The Morgan fingerprint density at radius 2 is 2.29 bits per heavy atom. The smallest absolute Gasteiger partial charge is 0.277 e. The summed E-state index contributed by atoms with van der Waals surface area (Å²) >= 11 is 5.84. The minimum Gasteiger partial charge on any atom is -0.508 e. The number of aryl methyl sites for hydroxylation is 1. The molecule has 0 fully saturated rings. The Bertz CT molecular complexity index is 566. The largest absolute Gasteiger partial charge is 0.508 e. The first-order chi connectivity index (χ1) is 8.06. The van der Waals surface area contributed by atoms with E-state index >= 15 is 0 Å². The van der Waals surface area contributed by atoms with Crippen molar-refractivity contribution in [2.24, 2.45) is 7.05 Å². The van der Waals surface area contributed by atoms with Crippen molar-refractivity contribution in [2.45, 2.75) is 0 Å². The number of phenolic OH excluding ortho intramolecular Hbond substituents is 1. The number of benzene rings is 1. The van der Waals surface area contributed by atoms with Gasteiger partial charge in [0.25, 0.3) is 5.91 Å². The molecule has 0 radical (unpaired) electrons. The molecule has 0 aliphatic rings. The molecular formula is C11H10ClN3O2. The van der Waals surface area contributed by atoms with Crippen molar-refractivity contribution in [1.29, 1.82) is 0 Å². The van der Waals surface area contributed by atoms with Crippen LogP contribution in [0.15, 0.2) is 30.5 Å². The van der Waals surface area contributed by atoms with Gasteiger partial charge in [0.1, 0.15) is 5.75 Å². The number of carbonyl (C=O) groups is 1. The third-order valence-electron chi connectivity index (χ3n) is 2.10. The lowest BCUT2D eigenvalue weighted by Gasteiger charge is -2.03. The molecule has 0 bridgehead atoms. The molecule has 0 unspecified atom stereocenters. The highest BCUT2D eigenvalue weighted by Crippen LogP contribution is 2.18. The van der Waals surface area contributed by atoms with E-state index in [9.17, 15) is 9.90 Å². The summed E-state index contributed by atoms with van der Waals surface area (Å²) in [6.07, 6.45) is 1.54. The van der Waals surface area contributed by atoms with Gasteiger partial charge in [0.05, 0.1) is 5.02 Å². The summed E-state index contributed by atoms with van der Waals surface area (Å²) in [6.45, 7) is 0. The van der Waals surface area contributed by atoms with Gasteiger partial charge in [-0.3, -0.25) is 9.48 Å². The van der Waals surface area contributed by atoms with E-state index in [0.717, 1.165) is 0 Å². The summed E-state index contributed by atoms with van der Waals surface area (Å²) in [6, 6.07) is 6.25. The van der Waals surface area contributed by atoms with Crippen molar-refractivity contribution >= 4 is 23.2 Å².